The first-order valence-corrected chi connectivity index (χ1v) is 6.06. The summed E-state index contributed by atoms with van der Waals surface area (Å²) in [6, 6.07) is 0.755. The Hall–Kier alpha value is -2.38. The van der Waals surface area contributed by atoms with Crippen LogP contribution in [-0.2, 0) is 9.53 Å². The number of nitrogens with zero attached hydrogens (tertiary/aromatic N) is 1. The maximum Gasteiger partial charge on any atom is 0.377 e. The van der Waals surface area contributed by atoms with Crippen LogP contribution in [0.5, 0.6) is 0 Å². The van der Waals surface area contributed by atoms with Gasteiger partial charge in [0.2, 0.25) is 5.76 Å². The van der Waals surface area contributed by atoms with Gasteiger partial charge in [0.1, 0.15) is 0 Å². The first-order valence-electron chi connectivity index (χ1n) is 6.06. The van der Waals surface area contributed by atoms with E-state index in [0.717, 1.165) is 0 Å². The van der Waals surface area contributed by atoms with E-state index in [2.05, 4.69) is 19.7 Å². The molecule has 0 aromatic carbocycles. The summed E-state index contributed by atoms with van der Waals surface area (Å²) in [6.45, 7) is 5.35. The van der Waals surface area contributed by atoms with Crippen LogP contribution in [0, 0.1) is 12.8 Å². The molecule has 0 bridgehead atoms. The number of aryl methyl sites for hydroxylation is 1. The molecule has 110 valence electrons. The number of carbonyl (C=O) groups is 3. The summed E-state index contributed by atoms with van der Waals surface area (Å²) in [5, 5.41) is 8.04. The predicted molar refractivity (Wildman–Crippen MR) is 67.9 cm³/mol. The number of esters is 1. The van der Waals surface area contributed by atoms with E-state index in [9.17, 15) is 14.4 Å². The Morgan fingerprint density at radius 2 is 2.10 bits per heavy atom. The van der Waals surface area contributed by atoms with Crippen molar-refractivity contribution in [3.05, 3.63) is 17.5 Å². The predicted octanol–water partition coefficient (Wildman–Crippen LogP) is 0.622. The van der Waals surface area contributed by atoms with E-state index in [1.165, 1.54) is 6.07 Å². The fraction of sp³-hybridized carbons (Fsp3) is 0.500. The third-order valence-electron chi connectivity index (χ3n) is 2.09. The number of hydrogen-bond donors (Lipinski definition) is 2. The molecule has 0 radical (unpaired) electrons. The first-order chi connectivity index (χ1) is 9.38. The molecule has 0 unspecified atom stereocenters. The molecular weight excluding hydrogens is 266 g/mol. The average molecular weight is 283 g/mol. The largest absolute Gasteiger partial charge is 0.450 e. The van der Waals surface area contributed by atoms with Gasteiger partial charge < -0.3 is 14.6 Å². The number of hydrogen-bond acceptors (Lipinski definition) is 6. The van der Waals surface area contributed by atoms with Gasteiger partial charge in [0.15, 0.2) is 6.61 Å². The van der Waals surface area contributed by atoms with Crippen LogP contribution in [0.3, 0.4) is 0 Å². The van der Waals surface area contributed by atoms with Gasteiger partial charge in [-0.2, -0.15) is 0 Å². The van der Waals surface area contributed by atoms with E-state index in [1.54, 1.807) is 6.92 Å². The topological polar surface area (TPSA) is 111 Å². The van der Waals surface area contributed by atoms with E-state index < -0.39 is 24.5 Å². The molecule has 1 rings (SSSR count). The van der Waals surface area contributed by atoms with Crippen LogP contribution in [-0.4, -0.2) is 36.2 Å². The fourth-order valence-corrected chi connectivity index (χ4v) is 1.17. The standard InChI is InChI=1S/C12H17N3O5/c1-7(2)5-13-12(18)14-10(16)6-19-11(17)9-4-8(3)15-20-9/h4,7H,5-6H2,1-3H3,(H2,13,14,16,18). The number of imide groups is 1. The second-order valence-electron chi connectivity index (χ2n) is 4.56. The first kappa shape index (κ1) is 15.7. The van der Waals surface area contributed by atoms with Crippen molar-refractivity contribution >= 4 is 17.9 Å². The Morgan fingerprint density at radius 1 is 1.40 bits per heavy atom. The maximum absolute atomic E-state index is 11.4. The van der Waals surface area contributed by atoms with Gasteiger partial charge in [-0.25, -0.2) is 9.59 Å². The normalized spacial score (nSPS) is 10.2. The van der Waals surface area contributed by atoms with E-state index in [-0.39, 0.29) is 11.7 Å². The van der Waals surface area contributed by atoms with Crippen molar-refractivity contribution in [2.75, 3.05) is 13.2 Å². The van der Waals surface area contributed by atoms with Crippen LogP contribution >= 0.6 is 0 Å². The molecule has 8 nitrogen and oxygen atoms in total. The van der Waals surface area contributed by atoms with Gasteiger partial charge >= 0.3 is 12.0 Å². The van der Waals surface area contributed by atoms with Crippen LogP contribution in [0.4, 0.5) is 4.79 Å². The molecule has 8 heteroatoms. The lowest BCUT2D eigenvalue weighted by Gasteiger charge is -2.08. The minimum atomic E-state index is -0.816. The van der Waals surface area contributed by atoms with Crippen molar-refractivity contribution < 1.29 is 23.6 Å². The molecule has 0 aliphatic heterocycles. The second-order valence-corrected chi connectivity index (χ2v) is 4.56. The highest BCUT2D eigenvalue weighted by Crippen LogP contribution is 2.03. The molecule has 1 aromatic heterocycles. The molecule has 0 spiro atoms. The number of urea groups is 1. The van der Waals surface area contributed by atoms with Gasteiger partial charge in [0.25, 0.3) is 5.91 Å². The highest BCUT2D eigenvalue weighted by Gasteiger charge is 2.16. The van der Waals surface area contributed by atoms with E-state index in [0.29, 0.717) is 12.2 Å². The molecular formula is C12H17N3O5. The van der Waals surface area contributed by atoms with Crippen molar-refractivity contribution in [1.29, 1.82) is 0 Å². The van der Waals surface area contributed by atoms with Crippen molar-refractivity contribution in [2.45, 2.75) is 20.8 Å². The summed E-state index contributed by atoms with van der Waals surface area (Å²) in [6.07, 6.45) is 0. The van der Waals surface area contributed by atoms with Crippen molar-refractivity contribution in [1.82, 2.24) is 15.8 Å². The van der Waals surface area contributed by atoms with E-state index in [4.69, 9.17) is 0 Å². The summed E-state index contributed by atoms with van der Waals surface area (Å²) in [5.41, 5.74) is 0.523. The van der Waals surface area contributed by atoms with Crippen molar-refractivity contribution in [2.24, 2.45) is 5.92 Å². The Balaban J connectivity index is 2.29. The third-order valence-corrected chi connectivity index (χ3v) is 2.09. The number of amides is 3. The highest BCUT2D eigenvalue weighted by molar-refractivity contribution is 5.96. The van der Waals surface area contributed by atoms with Gasteiger partial charge in [-0.1, -0.05) is 19.0 Å². The summed E-state index contributed by atoms with van der Waals surface area (Å²) in [7, 11) is 0. The number of carbonyl (C=O) groups excluding carboxylic acids is 3. The van der Waals surface area contributed by atoms with Gasteiger partial charge in [-0.3, -0.25) is 10.1 Å². The minimum Gasteiger partial charge on any atom is -0.450 e. The fourth-order valence-electron chi connectivity index (χ4n) is 1.17. The van der Waals surface area contributed by atoms with Crippen molar-refractivity contribution in [3.8, 4) is 0 Å². The Kier molecular flexibility index (Phi) is 5.70. The molecule has 0 aliphatic rings. The summed E-state index contributed by atoms with van der Waals surface area (Å²) in [5.74, 6) is -1.37. The molecule has 0 atom stereocenters. The SMILES string of the molecule is Cc1cc(C(=O)OCC(=O)NC(=O)NCC(C)C)on1. The number of rotatable bonds is 5. The van der Waals surface area contributed by atoms with Gasteiger partial charge in [-0.15, -0.1) is 0 Å². The molecule has 0 saturated carbocycles. The molecule has 1 heterocycles. The van der Waals surface area contributed by atoms with Gasteiger partial charge in [0.05, 0.1) is 5.69 Å². The van der Waals surface area contributed by atoms with Crippen LogP contribution in [0.25, 0.3) is 0 Å². The average Bonchev–Trinajstić information content (AvgIpc) is 2.80. The molecule has 1 aromatic rings. The summed E-state index contributed by atoms with van der Waals surface area (Å²) in [4.78, 5) is 34.0. The Labute approximate surface area is 115 Å². The summed E-state index contributed by atoms with van der Waals surface area (Å²) < 4.78 is 9.33. The lowest BCUT2D eigenvalue weighted by atomic mass is 10.2. The lowest BCUT2D eigenvalue weighted by Crippen LogP contribution is -2.42. The maximum atomic E-state index is 11.4. The van der Waals surface area contributed by atoms with Crippen LogP contribution in [0.2, 0.25) is 0 Å². The molecule has 2 N–H and O–H groups in total. The zero-order valence-corrected chi connectivity index (χ0v) is 11.6. The molecule has 20 heavy (non-hydrogen) atoms. The lowest BCUT2D eigenvalue weighted by molar-refractivity contribution is -0.123. The third kappa shape index (κ3) is 5.51. The van der Waals surface area contributed by atoms with E-state index >= 15 is 0 Å². The molecule has 0 fully saturated rings. The number of ether oxygens (including phenoxy) is 1. The Morgan fingerprint density at radius 3 is 2.65 bits per heavy atom. The smallest absolute Gasteiger partial charge is 0.377 e. The zero-order chi connectivity index (χ0) is 15.1. The highest BCUT2D eigenvalue weighted by atomic mass is 16.6. The van der Waals surface area contributed by atoms with E-state index in [1.807, 2.05) is 19.2 Å². The Bertz CT molecular complexity index is 495. The van der Waals surface area contributed by atoms with Gasteiger partial charge in [-0.05, 0) is 12.8 Å². The quantitative estimate of drug-likeness (QED) is 0.766. The monoisotopic (exact) mass is 283 g/mol. The zero-order valence-electron chi connectivity index (χ0n) is 11.6. The minimum absolute atomic E-state index is 0.0976. The van der Waals surface area contributed by atoms with Gasteiger partial charge in [0, 0.05) is 12.6 Å². The molecule has 0 saturated heterocycles. The number of aromatic nitrogens is 1. The molecule has 0 aliphatic carbocycles. The number of nitrogens with one attached hydrogen (secondary N) is 2. The van der Waals surface area contributed by atoms with Crippen molar-refractivity contribution in [3.63, 3.8) is 0 Å². The summed E-state index contributed by atoms with van der Waals surface area (Å²) >= 11 is 0. The van der Waals surface area contributed by atoms with Crippen LogP contribution in [0.15, 0.2) is 10.6 Å². The second kappa shape index (κ2) is 7.27. The molecule has 3 amide bonds. The van der Waals surface area contributed by atoms with Crippen LogP contribution < -0.4 is 10.6 Å². The van der Waals surface area contributed by atoms with Crippen LogP contribution in [0.1, 0.15) is 30.1 Å².